The van der Waals surface area contributed by atoms with Crippen LogP contribution in [0.1, 0.15) is 10.5 Å². The van der Waals surface area contributed by atoms with E-state index in [9.17, 15) is 14.3 Å². The third-order valence-corrected chi connectivity index (χ3v) is 3.00. The number of hydrogen-bond donors (Lipinski definition) is 1. The Labute approximate surface area is 125 Å². The first-order valence-electron chi connectivity index (χ1n) is 6.42. The summed E-state index contributed by atoms with van der Waals surface area (Å²) in [5, 5.41) is 9.21. The molecule has 0 aliphatic rings. The third kappa shape index (κ3) is 2.80. The number of benzene rings is 1. The van der Waals surface area contributed by atoms with Crippen molar-refractivity contribution in [2.45, 2.75) is 0 Å². The number of hydrogen-bond acceptors (Lipinski definition) is 4. The molecule has 0 unspecified atom stereocenters. The molecule has 0 aliphatic carbocycles. The Balaban J connectivity index is 2.16. The number of pyridine rings is 1. The van der Waals surface area contributed by atoms with Gasteiger partial charge >= 0.3 is 5.97 Å². The third-order valence-electron chi connectivity index (χ3n) is 3.00. The van der Waals surface area contributed by atoms with Crippen LogP contribution in [-0.2, 0) is 0 Å². The Bertz CT molecular complexity index is 821. The molecule has 0 bridgehead atoms. The summed E-state index contributed by atoms with van der Waals surface area (Å²) in [6.07, 6.45) is 3.15. The molecule has 2 aromatic heterocycles. The van der Waals surface area contributed by atoms with Gasteiger partial charge < -0.3 is 5.11 Å². The quantitative estimate of drug-likeness (QED) is 0.803. The molecule has 0 fully saturated rings. The van der Waals surface area contributed by atoms with Crippen molar-refractivity contribution in [3.8, 4) is 22.6 Å². The number of aromatic nitrogens is 3. The summed E-state index contributed by atoms with van der Waals surface area (Å²) in [4.78, 5) is 23.6. The summed E-state index contributed by atoms with van der Waals surface area (Å²) < 4.78 is 13.0. The molecule has 0 amide bonds. The largest absolute Gasteiger partial charge is 0.477 e. The predicted octanol–water partition coefficient (Wildman–Crippen LogP) is 3.04. The fourth-order valence-corrected chi connectivity index (χ4v) is 1.95. The van der Waals surface area contributed by atoms with Gasteiger partial charge in [-0.2, -0.15) is 0 Å². The number of carboxylic acid groups (broad SMARTS) is 1. The lowest BCUT2D eigenvalue weighted by atomic mass is 10.1. The fraction of sp³-hybridized carbons (Fsp3) is 0. The molecule has 0 saturated carbocycles. The zero-order valence-corrected chi connectivity index (χ0v) is 11.3. The van der Waals surface area contributed by atoms with Gasteiger partial charge in [-0.1, -0.05) is 0 Å². The fourth-order valence-electron chi connectivity index (χ4n) is 1.95. The Hall–Kier alpha value is -3.15. The summed E-state index contributed by atoms with van der Waals surface area (Å²) >= 11 is 0. The van der Waals surface area contributed by atoms with Crippen molar-refractivity contribution < 1.29 is 14.3 Å². The number of halogens is 1. The van der Waals surface area contributed by atoms with Gasteiger partial charge in [-0.05, 0) is 42.5 Å². The van der Waals surface area contributed by atoms with Crippen molar-refractivity contribution in [3.05, 3.63) is 66.4 Å². The normalized spacial score (nSPS) is 10.4. The van der Waals surface area contributed by atoms with Crippen molar-refractivity contribution in [2.24, 2.45) is 0 Å². The van der Waals surface area contributed by atoms with Crippen LogP contribution in [0.15, 0.2) is 54.9 Å². The van der Waals surface area contributed by atoms with Crippen LogP contribution in [0.25, 0.3) is 22.6 Å². The Morgan fingerprint density at radius 2 is 1.82 bits per heavy atom. The number of aromatic carboxylic acids is 1. The Morgan fingerprint density at radius 1 is 1.05 bits per heavy atom. The first-order chi connectivity index (χ1) is 10.6. The van der Waals surface area contributed by atoms with Gasteiger partial charge in [0.15, 0.2) is 11.5 Å². The van der Waals surface area contributed by atoms with E-state index in [1.54, 1.807) is 24.5 Å². The molecule has 22 heavy (non-hydrogen) atoms. The molecule has 0 radical (unpaired) electrons. The van der Waals surface area contributed by atoms with Crippen LogP contribution < -0.4 is 0 Å². The molecule has 0 atom stereocenters. The van der Waals surface area contributed by atoms with E-state index in [4.69, 9.17) is 0 Å². The van der Waals surface area contributed by atoms with Gasteiger partial charge in [-0.3, -0.25) is 4.98 Å². The van der Waals surface area contributed by atoms with Crippen LogP contribution in [0, 0.1) is 5.82 Å². The van der Waals surface area contributed by atoms with Crippen LogP contribution in [-0.4, -0.2) is 26.0 Å². The second-order valence-electron chi connectivity index (χ2n) is 4.52. The molecule has 5 nitrogen and oxygen atoms in total. The maximum absolute atomic E-state index is 13.0. The molecular formula is C16H10FN3O2. The minimum Gasteiger partial charge on any atom is -0.477 e. The lowest BCUT2D eigenvalue weighted by Crippen LogP contribution is -2.04. The standard InChI is InChI=1S/C16H10FN3O2/c17-12-5-3-10(4-6-12)13-8-14(16(21)22)20-15(19-13)11-2-1-7-18-9-11/h1-9H,(H,21,22). The van der Waals surface area contributed by atoms with Crippen LogP contribution in [0.2, 0.25) is 0 Å². The smallest absolute Gasteiger partial charge is 0.354 e. The van der Waals surface area contributed by atoms with E-state index in [2.05, 4.69) is 15.0 Å². The topological polar surface area (TPSA) is 76.0 Å². The summed E-state index contributed by atoms with van der Waals surface area (Å²) in [6, 6.07) is 10.5. The van der Waals surface area contributed by atoms with Gasteiger partial charge in [-0.15, -0.1) is 0 Å². The molecular weight excluding hydrogens is 285 g/mol. The SMILES string of the molecule is O=C(O)c1cc(-c2ccc(F)cc2)nc(-c2cccnc2)n1. The highest BCUT2D eigenvalue weighted by Gasteiger charge is 2.13. The van der Waals surface area contributed by atoms with Gasteiger partial charge in [0.05, 0.1) is 5.69 Å². The van der Waals surface area contributed by atoms with E-state index in [-0.39, 0.29) is 17.3 Å². The van der Waals surface area contributed by atoms with Crippen molar-refractivity contribution in [2.75, 3.05) is 0 Å². The van der Waals surface area contributed by atoms with Crippen LogP contribution in [0.5, 0.6) is 0 Å². The van der Waals surface area contributed by atoms with Gasteiger partial charge in [-0.25, -0.2) is 19.2 Å². The number of carbonyl (C=O) groups is 1. The first kappa shape index (κ1) is 13.8. The van der Waals surface area contributed by atoms with Crippen molar-refractivity contribution in [1.82, 2.24) is 15.0 Å². The van der Waals surface area contributed by atoms with Crippen molar-refractivity contribution in [1.29, 1.82) is 0 Å². The van der Waals surface area contributed by atoms with Gasteiger partial charge in [0.1, 0.15) is 5.82 Å². The van der Waals surface area contributed by atoms with E-state index in [0.717, 1.165) is 0 Å². The van der Waals surface area contributed by atoms with E-state index in [1.165, 1.54) is 30.3 Å². The maximum Gasteiger partial charge on any atom is 0.354 e. The molecule has 3 aromatic rings. The molecule has 0 aliphatic heterocycles. The minimum absolute atomic E-state index is 0.131. The predicted molar refractivity (Wildman–Crippen MR) is 77.6 cm³/mol. The lowest BCUT2D eigenvalue weighted by Gasteiger charge is -2.06. The van der Waals surface area contributed by atoms with E-state index >= 15 is 0 Å². The second kappa shape index (κ2) is 5.69. The van der Waals surface area contributed by atoms with Gasteiger partial charge in [0.2, 0.25) is 0 Å². The molecule has 2 heterocycles. The molecule has 1 N–H and O–H groups in total. The average Bonchev–Trinajstić information content (AvgIpc) is 2.56. The number of nitrogens with zero attached hydrogens (tertiary/aromatic N) is 3. The van der Waals surface area contributed by atoms with Gasteiger partial charge in [0, 0.05) is 23.5 Å². The average molecular weight is 295 g/mol. The molecule has 3 rings (SSSR count). The summed E-state index contributed by atoms with van der Waals surface area (Å²) in [7, 11) is 0. The van der Waals surface area contributed by atoms with E-state index < -0.39 is 5.97 Å². The number of carboxylic acids is 1. The highest BCUT2D eigenvalue weighted by molar-refractivity contribution is 5.87. The number of rotatable bonds is 3. The van der Waals surface area contributed by atoms with E-state index in [1.807, 2.05) is 0 Å². The zero-order valence-electron chi connectivity index (χ0n) is 11.3. The van der Waals surface area contributed by atoms with Gasteiger partial charge in [0.25, 0.3) is 0 Å². The summed E-state index contributed by atoms with van der Waals surface area (Å²) in [6.45, 7) is 0. The first-order valence-corrected chi connectivity index (χ1v) is 6.42. The minimum atomic E-state index is -1.16. The summed E-state index contributed by atoms with van der Waals surface area (Å²) in [5.41, 5.74) is 1.49. The second-order valence-corrected chi connectivity index (χ2v) is 4.52. The highest BCUT2D eigenvalue weighted by atomic mass is 19.1. The monoisotopic (exact) mass is 295 g/mol. The molecule has 1 aromatic carbocycles. The Morgan fingerprint density at radius 3 is 2.45 bits per heavy atom. The van der Waals surface area contributed by atoms with Crippen LogP contribution >= 0.6 is 0 Å². The van der Waals surface area contributed by atoms with Crippen molar-refractivity contribution in [3.63, 3.8) is 0 Å². The van der Waals surface area contributed by atoms with Crippen molar-refractivity contribution >= 4 is 5.97 Å². The van der Waals surface area contributed by atoms with Crippen LogP contribution in [0.3, 0.4) is 0 Å². The Kier molecular flexibility index (Phi) is 3.57. The summed E-state index contributed by atoms with van der Waals surface area (Å²) in [5.74, 6) is -1.27. The van der Waals surface area contributed by atoms with Crippen LogP contribution in [0.4, 0.5) is 4.39 Å². The molecule has 0 saturated heterocycles. The molecule has 0 spiro atoms. The lowest BCUT2D eigenvalue weighted by molar-refractivity contribution is 0.0690. The zero-order chi connectivity index (χ0) is 15.5. The molecule has 108 valence electrons. The van der Waals surface area contributed by atoms with E-state index in [0.29, 0.717) is 16.8 Å². The molecule has 6 heteroatoms. The highest BCUT2D eigenvalue weighted by Crippen LogP contribution is 2.22. The maximum atomic E-state index is 13.0.